The molecule has 0 aromatic carbocycles. The number of hydrogen-bond donors (Lipinski definition) is 1. The van der Waals surface area contributed by atoms with Gasteiger partial charge in [0.15, 0.2) is 5.13 Å². The minimum Gasteiger partial charge on any atom is -0.378 e. The van der Waals surface area contributed by atoms with Crippen LogP contribution >= 0.6 is 11.3 Å². The first-order valence-corrected chi connectivity index (χ1v) is 9.95. The maximum atomic E-state index is 12.0. The van der Waals surface area contributed by atoms with Crippen molar-refractivity contribution in [1.82, 2.24) is 15.2 Å². The van der Waals surface area contributed by atoms with Gasteiger partial charge in [0, 0.05) is 24.9 Å². The third-order valence-corrected chi connectivity index (χ3v) is 5.56. The van der Waals surface area contributed by atoms with Crippen LogP contribution < -0.4 is 10.2 Å². The van der Waals surface area contributed by atoms with Crippen molar-refractivity contribution in [3.8, 4) is 0 Å². The highest BCUT2D eigenvalue weighted by Gasteiger charge is 2.15. The molecule has 1 amide bonds. The number of rotatable bonds is 7. The molecule has 3 heterocycles. The SMILES string of the molecule is O=C(CCCN1CCCCC1)NCc1csc(N2CCOCC2)n1. The molecule has 0 aliphatic carbocycles. The quantitative estimate of drug-likeness (QED) is 0.812. The Balaban J connectivity index is 1.33. The molecule has 0 atom stereocenters. The van der Waals surface area contributed by atoms with Gasteiger partial charge in [0.2, 0.25) is 5.91 Å². The lowest BCUT2D eigenvalue weighted by Gasteiger charge is -2.26. The average molecular weight is 353 g/mol. The van der Waals surface area contributed by atoms with Gasteiger partial charge < -0.3 is 19.9 Å². The fourth-order valence-electron chi connectivity index (χ4n) is 3.20. The van der Waals surface area contributed by atoms with Crippen molar-refractivity contribution in [2.24, 2.45) is 0 Å². The molecular weight excluding hydrogens is 324 g/mol. The van der Waals surface area contributed by atoms with Gasteiger partial charge >= 0.3 is 0 Å². The maximum absolute atomic E-state index is 12.0. The van der Waals surface area contributed by atoms with Gasteiger partial charge in [0.05, 0.1) is 25.5 Å². The molecule has 2 aliphatic heterocycles. The highest BCUT2D eigenvalue weighted by molar-refractivity contribution is 7.13. The van der Waals surface area contributed by atoms with Gasteiger partial charge in [-0.1, -0.05) is 6.42 Å². The Morgan fingerprint density at radius 3 is 2.79 bits per heavy atom. The van der Waals surface area contributed by atoms with Crippen LogP contribution in [-0.4, -0.2) is 61.7 Å². The lowest BCUT2D eigenvalue weighted by Crippen LogP contribution is -2.36. The number of carbonyl (C=O) groups excluding carboxylic acids is 1. The standard InChI is InChI=1S/C17H28N4O2S/c22-16(5-4-8-20-6-2-1-3-7-20)18-13-15-14-24-17(19-15)21-9-11-23-12-10-21/h14H,1-13H2,(H,18,22). The van der Waals surface area contributed by atoms with E-state index in [-0.39, 0.29) is 5.91 Å². The van der Waals surface area contributed by atoms with Crippen LogP contribution in [-0.2, 0) is 16.1 Å². The number of morpholine rings is 1. The van der Waals surface area contributed by atoms with Crippen LogP contribution in [0.3, 0.4) is 0 Å². The zero-order chi connectivity index (χ0) is 16.6. The molecule has 0 spiro atoms. The summed E-state index contributed by atoms with van der Waals surface area (Å²) in [6.07, 6.45) is 5.53. The number of piperidine rings is 1. The van der Waals surface area contributed by atoms with Crippen molar-refractivity contribution in [3.05, 3.63) is 11.1 Å². The normalized spacial score (nSPS) is 19.4. The van der Waals surface area contributed by atoms with E-state index >= 15 is 0 Å². The van der Waals surface area contributed by atoms with E-state index in [1.54, 1.807) is 11.3 Å². The molecule has 3 rings (SSSR count). The summed E-state index contributed by atoms with van der Waals surface area (Å²) in [5.41, 5.74) is 0.950. The van der Waals surface area contributed by atoms with Gasteiger partial charge in [-0.05, 0) is 38.9 Å². The predicted octanol–water partition coefficient (Wildman–Crippen LogP) is 1.86. The molecule has 1 N–H and O–H groups in total. The Kier molecular flexibility index (Phi) is 6.86. The Morgan fingerprint density at radius 1 is 1.21 bits per heavy atom. The van der Waals surface area contributed by atoms with Crippen LogP contribution in [0.15, 0.2) is 5.38 Å². The van der Waals surface area contributed by atoms with Gasteiger partial charge in [-0.15, -0.1) is 11.3 Å². The van der Waals surface area contributed by atoms with Crippen molar-refractivity contribution >= 4 is 22.4 Å². The van der Waals surface area contributed by atoms with Gasteiger partial charge in [0.1, 0.15) is 0 Å². The van der Waals surface area contributed by atoms with E-state index in [0.29, 0.717) is 13.0 Å². The molecule has 2 aliphatic rings. The van der Waals surface area contributed by atoms with Crippen LogP contribution in [0.5, 0.6) is 0 Å². The second-order valence-corrected chi connectivity index (χ2v) is 7.34. The number of aromatic nitrogens is 1. The fourth-order valence-corrected chi connectivity index (χ4v) is 4.08. The number of nitrogens with zero attached hydrogens (tertiary/aromatic N) is 3. The summed E-state index contributed by atoms with van der Waals surface area (Å²) in [6.45, 7) is 7.31. The molecule has 6 nitrogen and oxygen atoms in total. The molecule has 2 fully saturated rings. The first kappa shape index (κ1) is 17.6. The second-order valence-electron chi connectivity index (χ2n) is 6.50. The maximum Gasteiger partial charge on any atom is 0.220 e. The lowest BCUT2D eigenvalue weighted by molar-refractivity contribution is -0.121. The number of thiazole rings is 1. The molecule has 0 bridgehead atoms. The van der Waals surface area contributed by atoms with Gasteiger partial charge in [0.25, 0.3) is 0 Å². The summed E-state index contributed by atoms with van der Waals surface area (Å²) in [5.74, 6) is 0.132. The predicted molar refractivity (Wildman–Crippen MR) is 96.5 cm³/mol. The third-order valence-electron chi connectivity index (χ3n) is 4.61. The van der Waals surface area contributed by atoms with Crippen LogP contribution in [0, 0.1) is 0 Å². The number of likely N-dealkylation sites (tertiary alicyclic amines) is 1. The van der Waals surface area contributed by atoms with Crippen molar-refractivity contribution in [2.45, 2.75) is 38.6 Å². The molecule has 1 aromatic rings. The summed E-state index contributed by atoms with van der Waals surface area (Å²) in [4.78, 5) is 21.3. The molecule has 134 valence electrons. The van der Waals surface area contributed by atoms with E-state index in [1.807, 2.05) is 5.38 Å². The Hall–Kier alpha value is -1.18. The van der Waals surface area contributed by atoms with Crippen LogP contribution in [0.2, 0.25) is 0 Å². The van der Waals surface area contributed by atoms with E-state index in [9.17, 15) is 4.79 Å². The second kappa shape index (κ2) is 9.34. The van der Waals surface area contributed by atoms with E-state index in [4.69, 9.17) is 4.74 Å². The minimum absolute atomic E-state index is 0.132. The molecule has 0 saturated carbocycles. The first-order valence-electron chi connectivity index (χ1n) is 9.07. The Labute approximate surface area is 148 Å². The molecule has 2 saturated heterocycles. The van der Waals surface area contributed by atoms with E-state index in [0.717, 1.165) is 50.1 Å². The average Bonchev–Trinajstić information content (AvgIpc) is 3.11. The zero-order valence-corrected chi connectivity index (χ0v) is 15.2. The lowest BCUT2D eigenvalue weighted by atomic mass is 10.1. The number of carbonyl (C=O) groups is 1. The van der Waals surface area contributed by atoms with Crippen LogP contribution in [0.4, 0.5) is 5.13 Å². The van der Waals surface area contributed by atoms with Crippen LogP contribution in [0.25, 0.3) is 0 Å². The largest absolute Gasteiger partial charge is 0.378 e. The summed E-state index contributed by atoms with van der Waals surface area (Å²) in [7, 11) is 0. The van der Waals surface area contributed by atoms with E-state index in [1.165, 1.54) is 32.4 Å². The van der Waals surface area contributed by atoms with Crippen molar-refractivity contribution in [3.63, 3.8) is 0 Å². The Morgan fingerprint density at radius 2 is 2.00 bits per heavy atom. The van der Waals surface area contributed by atoms with E-state index in [2.05, 4.69) is 20.1 Å². The number of amides is 1. The van der Waals surface area contributed by atoms with Crippen molar-refractivity contribution in [2.75, 3.05) is 50.8 Å². The van der Waals surface area contributed by atoms with Gasteiger partial charge in [-0.2, -0.15) is 0 Å². The summed E-state index contributed by atoms with van der Waals surface area (Å²) in [5, 5.41) is 6.07. The van der Waals surface area contributed by atoms with Crippen molar-refractivity contribution < 1.29 is 9.53 Å². The topological polar surface area (TPSA) is 57.7 Å². The first-order chi connectivity index (χ1) is 11.8. The molecule has 0 unspecified atom stereocenters. The number of anilines is 1. The number of nitrogens with one attached hydrogen (secondary N) is 1. The fraction of sp³-hybridized carbons (Fsp3) is 0.765. The summed E-state index contributed by atoms with van der Waals surface area (Å²) >= 11 is 1.65. The van der Waals surface area contributed by atoms with E-state index < -0.39 is 0 Å². The minimum atomic E-state index is 0.132. The summed E-state index contributed by atoms with van der Waals surface area (Å²) in [6, 6.07) is 0. The monoisotopic (exact) mass is 352 g/mol. The smallest absolute Gasteiger partial charge is 0.220 e. The van der Waals surface area contributed by atoms with Crippen LogP contribution in [0.1, 0.15) is 37.8 Å². The van der Waals surface area contributed by atoms with Crippen molar-refractivity contribution in [1.29, 1.82) is 0 Å². The molecule has 7 heteroatoms. The molecule has 1 aromatic heterocycles. The third kappa shape index (κ3) is 5.43. The molecular formula is C17H28N4O2S. The molecule has 0 radical (unpaired) electrons. The number of ether oxygens (including phenoxy) is 1. The zero-order valence-electron chi connectivity index (χ0n) is 14.3. The molecule has 24 heavy (non-hydrogen) atoms. The van der Waals surface area contributed by atoms with Gasteiger partial charge in [-0.3, -0.25) is 4.79 Å². The highest BCUT2D eigenvalue weighted by Crippen LogP contribution is 2.21. The van der Waals surface area contributed by atoms with Gasteiger partial charge in [-0.25, -0.2) is 4.98 Å². The Bertz CT molecular complexity index is 510. The summed E-state index contributed by atoms with van der Waals surface area (Å²) < 4.78 is 5.36. The highest BCUT2D eigenvalue weighted by atomic mass is 32.1. The number of hydrogen-bond acceptors (Lipinski definition) is 6.